The highest BCUT2D eigenvalue weighted by atomic mass is 19.4. The second-order valence-electron chi connectivity index (χ2n) is 5.19. The van der Waals surface area contributed by atoms with Crippen LogP contribution >= 0.6 is 0 Å². The second-order valence-corrected chi connectivity index (χ2v) is 5.19. The molecule has 4 nitrogen and oxygen atoms in total. The molecule has 0 saturated carbocycles. The molecule has 1 aromatic heterocycles. The first-order valence-electron chi connectivity index (χ1n) is 6.29. The monoisotopic (exact) mass is 291 g/mol. The van der Waals surface area contributed by atoms with Crippen molar-refractivity contribution in [2.45, 2.75) is 38.5 Å². The second kappa shape index (κ2) is 4.80. The zero-order valence-corrected chi connectivity index (χ0v) is 11.3. The fraction of sp³-hybridized carbons (Fsp3) is 0.615. The molecule has 0 radical (unpaired) electrons. The molecule has 1 aliphatic rings. The summed E-state index contributed by atoms with van der Waals surface area (Å²) in [6.45, 7) is 3.12. The molecular formula is C13H16F3NO3. The average Bonchev–Trinajstić information content (AvgIpc) is 2.67. The number of amides is 1. The first-order valence-corrected chi connectivity index (χ1v) is 6.29. The molecule has 1 aromatic rings. The van der Waals surface area contributed by atoms with Crippen LogP contribution in [0.4, 0.5) is 13.2 Å². The van der Waals surface area contributed by atoms with Gasteiger partial charge in [-0.25, -0.2) is 0 Å². The molecule has 1 fully saturated rings. The number of hydrogen-bond acceptors (Lipinski definition) is 3. The fourth-order valence-corrected chi connectivity index (χ4v) is 2.36. The zero-order valence-electron chi connectivity index (χ0n) is 11.3. The van der Waals surface area contributed by atoms with Gasteiger partial charge in [0.05, 0.1) is 0 Å². The van der Waals surface area contributed by atoms with Gasteiger partial charge in [-0.1, -0.05) is 0 Å². The van der Waals surface area contributed by atoms with Gasteiger partial charge < -0.3 is 14.4 Å². The number of furan rings is 1. The van der Waals surface area contributed by atoms with E-state index in [2.05, 4.69) is 0 Å². The number of rotatable bonds is 1. The fourth-order valence-electron chi connectivity index (χ4n) is 2.36. The maximum atomic E-state index is 12.7. The molecule has 0 aliphatic carbocycles. The number of carbonyl (C=O) groups is 1. The summed E-state index contributed by atoms with van der Waals surface area (Å²) in [5, 5.41) is 9.55. The predicted octanol–water partition coefficient (Wildman–Crippen LogP) is 2.43. The van der Waals surface area contributed by atoms with Crippen LogP contribution in [0, 0.1) is 13.8 Å². The van der Waals surface area contributed by atoms with Gasteiger partial charge in [-0.15, -0.1) is 0 Å². The van der Waals surface area contributed by atoms with E-state index in [0.717, 1.165) is 0 Å². The highest BCUT2D eigenvalue weighted by Gasteiger charge is 2.55. The number of hydrogen-bond donors (Lipinski definition) is 1. The van der Waals surface area contributed by atoms with E-state index in [-0.39, 0.29) is 18.8 Å². The van der Waals surface area contributed by atoms with Gasteiger partial charge in [-0.05, 0) is 19.9 Å². The van der Waals surface area contributed by atoms with Crippen molar-refractivity contribution in [1.82, 2.24) is 4.90 Å². The minimum atomic E-state index is -4.67. The summed E-state index contributed by atoms with van der Waals surface area (Å²) in [6, 6.07) is 1.70. The van der Waals surface area contributed by atoms with Crippen LogP contribution in [-0.2, 0) is 0 Å². The van der Waals surface area contributed by atoms with Crippen LogP contribution < -0.4 is 0 Å². The van der Waals surface area contributed by atoms with Gasteiger partial charge in [-0.2, -0.15) is 13.2 Å². The van der Waals surface area contributed by atoms with Crippen molar-refractivity contribution in [1.29, 1.82) is 0 Å². The van der Waals surface area contributed by atoms with Crippen LogP contribution in [0.1, 0.15) is 34.7 Å². The Labute approximate surface area is 114 Å². The van der Waals surface area contributed by atoms with Crippen molar-refractivity contribution in [3.8, 4) is 0 Å². The van der Waals surface area contributed by atoms with Crippen molar-refractivity contribution in [2.75, 3.05) is 13.1 Å². The van der Waals surface area contributed by atoms with Crippen LogP contribution in [0.5, 0.6) is 0 Å². The SMILES string of the molecule is Cc1cc(C)c(C(=O)N2CCC(O)(C(F)(F)F)CC2)o1. The summed E-state index contributed by atoms with van der Waals surface area (Å²) in [4.78, 5) is 13.4. The summed E-state index contributed by atoms with van der Waals surface area (Å²) in [5.41, 5.74) is -2.04. The molecule has 1 saturated heterocycles. The summed E-state index contributed by atoms with van der Waals surface area (Å²) in [5.74, 6) is 0.300. The summed E-state index contributed by atoms with van der Waals surface area (Å²) in [6.07, 6.45) is -5.69. The summed E-state index contributed by atoms with van der Waals surface area (Å²) in [7, 11) is 0. The largest absolute Gasteiger partial charge is 0.456 e. The van der Waals surface area contributed by atoms with Gasteiger partial charge in [0.1, 0.15) is 5.76 Å². The molecule has 2 heterocycles. The third-order valence-electron chi connectivity index (χ3n) is 3.64. The standard InChI is InChI=1S/C13H16F3NO3/c1-8-7-9(2)20-10(8)11(18)17-5-3-12(19,4-6-17)13(14,15)16/h7,19H,3-6H2,1-2H3. The third kappa shape index (κ3) is 2.54. The van der Waals surface area contributed by atoms with Gasteiger partial charge >= 0.3 is 6.18 Å². The smallest absolute Gasteiger partial charge is 0.417 e. The van der Waals surface area contributed by atoms with E-state index in [1.807, 2.05) is 0 Å². The molecule has 0 aromatic carbocycles. The molecule has 20 heavy (non-hydrogen) atoms. The number of halogens is 3. The van der Waals surface area contributed by atoms with E-state index < -0.39 is 30.5 Å². The Morgan fingerprint density at radius 1 is 1.35 bits per heavy atom. The van der Waals surface area contributed by atoms with Crippen LogP contribution in [0.25, 0.3) is 0 Å². The first-order chi connectivity index (χ1) is 9.14. The predicted molar refractivity (Wildman–Crippen MR) is 64.3 cm³/mol. The van der Waals surface area contributed by atoms with Crippen LogP contribution in [0.15, 0.2) is 10.5 Å². The molecule has 112 valence electrons. The molecule has 0 atom stereocenters. The number of alkyl halides is 3. The van der Waals surface area contributed by atoms with Crippen LogP contribution in [0.2, 0.25) is 0 Å². The molecule has 1 N–H and O–H groups in total. The molecule has 0 bridgehead atoms. The molecule has 1 amide bonds. The first kappa shape index (κ1) is 14.9. The third-order valence-corrected chi connectivity index (χ3v) is 3.64. The molecule has 0 unspecified atom stereocenters. The van der Waals surface area contributed by atoms with Crippen molar-refractivity contribution in [2.24, 2.45) is 0 Å². The lowest BCUT2D eigenvalue weighted by Gasteiger charge is -2.38. The average molecular weight is 291 g/mol. The van der Waals surface area contributed by atoms with E-state index in [0.29, 0.717) is 11.3 Å². The number of carbonyl (C=O) groups excluding carboxylic acids is 1. The minimum absolute atomic E-state index is 0.145. The maximum absolute atomic E-state index is 12.7. The Balaban J connectivity index is 2.08. The Kier molecular flexibility index (Phi) is 3.58. The lowest BCUT2D eigenvalue weighted by molar-refractivity contribution is -0.271. The normalized spacial score (nSPS) is 19.2. The maximum Gasteiger partial charge on any atom is 0.417 e. The van der Waals surface area contributed by atoms with Gasteiger partial charge in [0.25, 0.3) is 5.91 Å². The minimum Gasteiger partial charge on any atom is -0.456 e. The molecule has 0 spiro atoms. The Bertz CT molecular complexity index is 513. The lowest BCUT2D eigenvalue weighted by atomic mass is 9.90. The highest BCUT2D eigenvalue weighted by molar-refractivity contribution is 5.93. The van der Waals surface area contributed by atoms with Gasteiger partial charge in [0, 0.05) is 31.5 Å². The van der Waals surface area contributed by atoms with Crippen LogP contribution in [-0.4, -0.2) is 40.8 Å². The van der Waals surface area contributed by atoms with Gasteiger partial charge in [0.2, 0.25) is 0 Å². The van der Waals surface area contributed by atoms with E-state index >= 15 is 0 Å². The Hall–Kier alpha value is -1.50. The zero-order chi connectivity index (χ0) is 15.1. The number of nitrogens with zero attached hydrogens (tertiary/aromatic N) is 1. The van der Waals surface area contributed by atoms with Crippen molar-refractivity contribution >= 4 is 5.91 Å². The number of likely N-dealkylation sites (tertiary alicyclic amines) is 1. The number of piperidine rings is 1. The van der Waals surface area contributed by atoms with E-state index in [9.17, 15) is 23.1 Å². The van der Waals surface area contributed by atoms with Gasteiger partial charge in [0.15, 0.2) is 11.4 Å². The lowest BCUT2D eigenvalue weighted by Crippen LogP contribution is -2.54. The topological polar surface area (TPSA) is 53.7 Å². The van der Waals surface area contributed by atoms with E-state index in [1.165, 1.54) is 4.90 Å². The number of aryl methyl sites for hydroxylation is 2. The van der Waals surface area contributed by atoms with E-state index in [4.69, 9.17) is 4.42 Å². The van der Waals surface area contributed by atoms with Crippen LogP contribution in [0.3, 0.4) is 0 Å². The molecule has 2 rings (SSSR count). The van der Waals surface area contributed by atoms with Gasteiger partial charge in [-0.3, -0.25) is 4.79 Å². The Morgan fingerprint density at radius 3 is 2.30 bits per heavy atom. The molecule has 1 aliphatic heterocycles. The summed E-state index contributed by atoms with van der Waals surface area (Å²) >= 11 is 0. The summed E-state index contributed by atoms with van der Waals surface area (Å²) < 4.78 is 43.3. The van der Waals surface area contributed by atoms with E-state index in [1.54, 1.807) is 19.9 Å². The Morgan fingerprint density at radius 2 is 1.90 bits per heavy atom. The molecular weight excluding hydrogens is 275 g/mol. The number of aliphatic hydroxyl groups is 1. The molecule has 7 heteroatoms. The van der Waals surface area contributed by atoms with Crippen molar-refractivity contribution in [3.63, 3.8) is 0 Å². The van der Waals surface area contributed by atoms with Crippen molar-refractivity contribution in [3.05, 3.63) is 23.2 Å². The highest BCUT2D eigenvalue weighted by Crippen LogP contribution is 2.38. The quantitative estimate of drug-likeness (QED) is 0.864. The van der Waals surface area contributed by atoms with Crippen molar-refractivity contribution < 1.29 is 27.5 Å².